The Kier molecular flexibility index (Phi) is 2.62. The van der Waals surface area contributed by atoms with Gasteiger partial charge in [-0.3, -0.25) is 0 Å². The molecular formula is C15H19N3. The summed E-state index contributed by atoms with van der Waals surface area (Å²) in [6.07, 6.45) is 4.61. The average molecular weight is 241 g/mol. The fourth-order valence-electron chi connectivity index (χ4n) is 2.71. The van der Waals surface area contributed by atoms with Crippen LogP contribution in [0.1, 0.15) is 35.2 Å². The van der Waals surface area contributed by atoms with Crippen LogP contribution in [0.5, 0.6) is 0 Å². The summed E-state index contributed by atoms with van der Waals surface area (Å²) in [5, 5.41) is 4.71. The molecule has 0 bridgehead atoms. The fraction of sp³-hybridized carbons (Fsp3) is 0.400. The third kappa shape index (κ3) is 1.70. The van der Waals surface area contributed by atoms with Crippen LogP contribution < -0.4 is 5.73 Å². The zero-order valence-electron chi connectivity index (χ0n) is 11.0. The van der Waals surface area contributed by atoms with Crippen molar-refractivity contribution in [3.05, 3.63) is 40.6 Å². The van der Waals surface area contributed by atoms with Crippen LogP contribution in [0.3, 0.4) is 0 Å². The molecule has 0 saturated carbocycles. The summed E-state index contributed by atoms with van der Waals surface area (Å²) in [5.74, 6) is 0.832. The van der Waals surface area contributed by atoms with Crippen LogP contribution in [0.25, 0.3) is 5.69 Å². The summed E-state index contributed by atoms with van der Waals surface area (Å²) in [6.45, 7) is 4.21. The molecule has 3 rings (SSSR count). The third-order valence-electron chi connectivity index (χ3n) is 3.79. The van der Waals surface area contributed by atoms with E-state index in [9.17, 15) is 0 Å². The topological polar surface area (TPSA) is 43.8 Å². The molecule has 0 saturated heterocycles. The van der Waals surface area contributed by atoms with Crippen LogP contribution in [-0.2, 0) is 12.8 Å². The van der Waals surface area contributed by atoms with Gasteiger partial charge in [-0.25, -0.2) is 4.68 Å². The molecule has 18 heavy (non-hydrogen) atoms. The molecule has 0 radical (unpaired) electrons. The molecule has 0 amide bonds. The lowest BCUT2D eigenvalue weighted by Crippen LogP contribution is -2.05. The van der Waals surface area contributed by atoms with Gasteiger partial charge in [0.05, 0.1) is 11.4 Å². The number of nitrogens with two attached hydrogens (primary N) is 1. The number of aryl methyl sites for hydroxylation is 3. The van der Waals surface area contributed by atoms with Crippen molar-refractivity contribution >= 4 is 5.82 Å². The molecule has 3 heteroatoms. The van der Waals surface area contributed by atoms with Crippen molar-refractivity contribution < 1.29 is 0 Å². The lowest BCUT2D eigenvalue weighted by Gasteiger charge is -2.10. The smallest absolute Gasteiger partial charge is 0.130 e. The highest BCUT2D eigenvalue weighted by Gasteiger charge is 2.19. The largest absolute Gasteiger partial charge is 0.383 e. The number of rotatable bonds is 1. The highest BCUT2D eigenvalue weighted by Crippen LogP contribution is 2.29. The predicted octanol–water partition coefficient (Wildman–Crippen LogP) is 2.95. The molecule has 1 heterocycles. The van der Waals surface area contributed by atoms with Gasteiger partial charge in [-0.05, 0) is 56.7 Å². The summed E-state index contributed by atoms with van der Waals surface area (Å²) in [6, 6.07) is 6.41. The molecule has 1 aromatic carbocycles. The van der Waals surface area contributed by atoms with E-state index in [0.717, 1.165) is 24.3 Å². The Labute approximate surface area is 108 Å². The van der Waals surface area contributed by atoms with Gasteiger partial charge in [0.15, 0.2) is 0 Å². The van der Waals surface area contributed by atoms with Crippen LogP contribution in [0, 0.1) is 13.8 Å². The summed E-state index contributed by atoms with van der Waals surface area (Å²) in [4.78, 5) is 0. The van der Waals surface area contributed by atoms with Crippen LogP contribution in [0.15, 0.2) is 18.2 Å². The van der Waals surface area contributed by atoms with Crippen molar-refractivity contribution in [2.75, 3.05) is 5.73 Å². The van der Waals surface area contributed by atoms with E-state index in [2.05, 4.69) is 32.0 Å². The van der Waals surface area contributed by atoms with Crippen molar-refractivity contribution in [3.63, 3.8) is 0 Å². The van der Waals surface area contributed by atoms with Crippen molar-refractivity contribution in [2.24, 2.45) is 0 Å². The molecule has 0 aliphatic heterocycles. The van der Waals surface area contributed by atoms with Crippen molar-refractivity contribution in [3.8, 4) is 5.69 Å². The van der Waals surface area contributed by atoms with Crippen LogP contribution >= 0.6 is 0 Å². The minimum Gasteiger partial charge on any atom is -0.383 e. The fourth-order valence-corrected chi connectivity index (χ4v) is 2.71. The first kappa shape index (κ1) is 11.3. The van der Waals surface area contributed by atoms with Crippen LogP contribution in [0.4, 0.5) is 5.82 Å². The first-order valence-electron chi connectivity index (χ1n) is 6.60. The summed E-state index contributed by atoms with van der Waals surface area (Å²) < 4.78 is 1.93. The number of nitrogens with zero attached hydrogens (tertiary/aromatic N) is 2. The molecule has 94 valence electrons. The Bertz CT molecular complexity index is 596. The Balaban J connectivity index is 2.17. The van der Waals surface area contributed by atoms with E-state index in [1.807, 2.05) is 4.68 Å². The van der Waals surface area contributed by atoms with E-state index >= 15 is 0 Å². The molecule has 3 nitrogen and oxygen atoms in total. The first-order valence-corrected chi connectivity index (χ1v) is 6.60. The van der Waals surface area contributed by atoms with Crippen LogP contribution in [0.2, 0.25) is 0 Å². The van der Waals surface area contributed by atoms with Crippen molar-refractivity contribution in [1.82, 2.24) is 9.78 Å². The molecule has 2 N–H and O–H groups in total. The van der Waals surface area contributed by atoms with Gasteiger partial charge < -0.3 is 5.73 Å². The maximum Gasteiger partial charge on any atom is 0.130 e. The summed E-state index contributed by atoms with van der Waals surface area (Å²) in [7, 11) is 0. The highest BCUT2D eigenvalue weighted by molar-refractivity contribution is 5.53. The van der Waals surface area contributed by atoms with E-state index in [4.69, 9.17) is 10.8 Å². The molecule has 0 atom stereocenters. The van der Waals surface area contributed by atoms with Gasteiger partial charge in [0, 0.05) is 5.56 Å². The summed E-state index contributed by atoms with van der Waals surface area (Å²) in [5.41, 5.74) is 12.3. The van der Waals surface area contributed by atoms with Crippen molar-refractivity contribution in [2.45, 2.75) is 39.5 Å². The normalized spacial score (nSPS) is 14.6. The minimum atomic E-state index is 0.832. The lowest BCUT2D eigenvalue weighted by molar-refractivity contribution is 0.671. The number of aromatic nitrogens is 2. The third-order valence-corrected chi connectivity index (χ3v) is 3.79. The second kappa shape index (κ2) is 4.16. The lowest BCUT2D eigenvalue weighted by atomic mass is 9.98. The highest BCUT2D eigenvalue weighted by atomic mass is 15.3. The Morgan fingerprint density at radius 2 is 1.94 bits per heavy atom. The number of fused-ring (bicyclic) bond motifs is 1. The molecule has 2 aromatic rings. The zero-order chi connectivity index (χ0) is 12.7. The van der Waals surface area contributed by atoms with E-state index in [0.29, 0.717) is 0 Å². The Hall–Kier alpha value is -1.77. The molecule has 0 unspecified atom stereocenters. The van der Waals surface area contributed by atoms with E-state index < -0.39 is 0 Å². The Morgan fingerprint density at radius 3 is 2.72 bits per heavy atom. The van der Waals surface area contributed by atoms with Crippen molar-refractivity contribution in [1.29, 1.82) is 0 Å². The maximum absolute atomic E-state index is 6.28. The van der Waals surface area contributed by atoms with E-state index in [-0.39, 0.29) is 0 Å². The van der Waals surface area contributed by atoms with Gasteiger partial charge in [-0.15, -0.1) is 0 Å². The van der Waals surface area contributed by atoms with Crippen LogP contribution in [-0.4, -0.2) is 9.78 Å². The number of benzene rings is 1. The standard InChI is InChI=1S/C15H19N3/c1-10-7-8-11(2)14(9-10)18-15(16)12-5-3-4-6-13(12)17-18/h7-9H,3-6,16H2,1-2H3. The molecule has 1 aromatic heterocycles. The summed E-state index contributed by atoms with van der Waals surface area (Å²) >= 11 is 0. The maximum atomic E-state index is 6.28. The number of hydrogen-bond donors (Lipinski definition) is 1. The molecule has 1 aliphatic carbocycles. The molecule has 0 fully saturated rings. The van der Waals surface area contributed by atoms with Gasteiger partial charge in [0.1, 0.15) is 5.82 Å². The molecular weight excluding hydrogens is 222 g/mol. The second-order valence-electron chi connectivity index (χ2n) is 5.22. The molecule has 0 spiro atoms. The second-order valence-corrected chi connectivity index (χ2v) is 5.22. The number of hydrogen-bond acceptors (Lipinski definition) is 2. The van der Waals surface area contributed by atoms with Gasteiger partial charge in [0.25, 0.3) is 0 Å². The van der Waals surface area contributed by atoms with E-state index in [1.165, 1.54) is 35.2 Å². The monoisotopic (exact) mass is 241 g/mol. The quantitative estimate of drug-likeness (QED) is 0.834. The van der Waals surface area contributed by atoms with Gasteiger partial charge in [-0.1, -0.05) is 12.1 Å². The van der Waals surface area contributed by atoms with Gasteiger partial charge in [0.2, 0.25) is 0 Å². The van der Waals surface area contributed by atoms with Gasteiger partial charge >= 0.3 is 0 Å². The first-order chi connectivity index (χ1) is 8.66. The van der Waals surface area contributed by atoms with E-state index in [1.54, 1.807) is 0 Å². The molecule has 1 aliphatic rings. The minimum absolute atomic E-state index is 0.832. The number of anilines is 1. The zero-order valence-corrected chi connectivity index (χ0v) is 11.0. The van der Waals surface area contributed by atoms with Gasteiger partial charge in [-0.2, -0.15) is 5.10 Å². The predicted molar refractivity (Wildman–Crippen MR) is 74.1 cm³/mol. The number of nitrogen functional groups attached to an aromatic ring is 1. The SMILES string of the molecule is Cc1ccc(C)c(-n2nc3c(c2N)CCCC3)c1. The Morgan fingerprint density at radius 1 is 1.17 bits per heavy atom. The average Bonchev–Trinajstić information content (AvgIpc) is 2.71.